The molecule has 1 saturated heterocycles. The van der Waals surface area contributed by atoms with Gasteiger partial charge in [0.25, 0.3) is 5.91 Å². The molecule has 2 saturated carbocycles. The zero-order chi connectivity index (χ0) is 18.6. The Morgan fingerprint density at radius 2 is 1.81 bits per heavy atom. The quantitative estimate of drug-likeness (QED) is 0.903. The van der Waals surface area contributed by atoms with Crippen LogP contribution >= 0.6 is 0 Å². The predicted octanol–water partition coefficient (Wildman–Crippen LogP) is 3.08. The number of aliphatic carboxylic acids is 1. The van der Waals surface area contributed by atoms with E-state index in [4.69, 9.17) is 0 Å². The molecule has 1 unspecified atom stereocenters. The molecule has 140 valence electrons. The molecule has 1 aliphatic heterocycles. The van der Waals surface area contributed by atoms with E-state index in [0.717, 1.165) is 43.5 Å². The number of carboxylic acid groups (broad SMARTS) is 1. The van der Waals surface area contributed by atoms with Crippen molar-refractivity contribution in [2.24, 2.45) is 11.3 Å². The van der Waals surface area contributed by atoms with Crippen LogP contribution in [0.2, 0.25) is 0 Å². The maximum absolute atomic E-state index is 13.2. The van der Waals surface area contributed by atoms with Crippen molar-refractivity contribution in [1.82, 2.24) is 14.7 Å². The van der Waals surface area contributed by atoms with Gasteiger partial charge in [-0.3, -0.25) is 9.59 Å². The number of carbonyl (C=O) groups is 2. The SMILES string of the molecule is O=C(O)C1CC12CCN(C(=O)c1cnn(-c3ccccc3)c1C1CC1)CC2. The van der Waals surface area contributed by atoms with Gasteiger partial charge in [0.2, 0.25) is 0 Å². The van der Waals surface area contributed by atoms with Crippen LogP contribution in [-0.2, 0) is 4.79 Å². The summed E-state index contributed by atoms with van der Waals surface area (Å²) < 4.78 is 1.91. The second-order valence-corrected chi connectivity index (χ2v) is 8.21. The second kappa shape index (κ2) is 5.94. The highest BCUT2D eigenvalue weighted by Crippen LogP contribution is 2.59. The molecule has 2 aliphatic carbocycles. The van der Waals surface area contributed by atoms with Crippen molar-refractivity contribution >= 4 is 11.9 Å². The number of carboxylic acids is 1. The fraction of sp³-hybridized carbons (Fsp3) is 0.476. The standard InChI is InChI=1S/C21H23N3O3/c25-19(23-10-8-21(9-11-23)12-17(21)20(26)27)16-13-22-24(18(16)14-6-7-14)15-4-2-1-3-5-15/h1-5,13-14,17H,6-12H2,(H,26,27). The summed E-state index contributed by atoms with van der Waals surface area (Å²) >= 11 is 0. The van der Waals surface area contributed by atoms with Gasteiger partial charge in [-0.2, -0.15) is 5.10 Å². The van der Waals surface area contributed by atoms with Crippen molar-refractivity contribution in [3.8, 4) is 5.69 Å². The van der Waals surface area contributed by atoms with E-state index in [9.17, 15) is 14.7 Å². The zero-order valence-corrected chi connectivity index (χ0v) is 15.2. The summed E-state index contributed by atoms with van der Waals surface area (Å²) in [5.41, 5.74) is 2.67. The molecule has 2 aromatic rings. The first-order chi connectivity index (χ1) is 13.1. The molecule has 2 heterocycles. The van der Waals surface area contributed by atoms with E-state index in [1.807, 2.05) is 39.9 Å². The number of benzene rings is 1. The van der Waals surface area contributed by atoms with Gasteiger partial charge in [-0.15, -0.1) is 0 Å². The molecular formula is C21H23N3O3. The average molecular weight is 365 g/mol. The summed E-state index contributed by atoms with van der Waals surface area (Å²) in [7, 11) is 0. The van der Waals surface area contributed by atoms with E-state index < -0.39 is 5.97 Å². The molecule has 1 amide bonds. The number of amides is 1. The lowest BCUT2D eigenvalue weighted by molar-refractivity contribution is -0.139. The molecule has 6 nitrogen and oxygen atoms in total. The number of likely N-dealkylation sites (tertiary alicyclic amines) is 1. The number of para-hydroxylation sites is 1. The largest absolute Gasteiger partial charge is 0.481 e. The van der Waals surface area contributed by atoms with Crippen LogP contribution in [0.3, 0.4) is 0 Å². The normalized spacial score (nSPS) is 23.4. The van der Waals surface area contributed by atoms with E-state index in [1.54, 1.807) is 6.20 Å². The lowest BCUT2D eigenvalue weighted by atomic mass is 9.90. The third kappa shape index (κ3) is 2.74. The molecule has 27 heavy (non-hydrogen) atoms. The van der Waals surface area contributed by atoms with E-state index in [2.05, 4.69) is 5.10 Å². The summed E-state index contributed by atoms with van der Waals surface area (Å²) in [6.45, 7) is 1.28. The number of piperidine rings is 1. The van der Waals surface area contributed by atoms with Gasteiger partial charge < -0.3 is 10.0 Å². The van der Waals surface area contributed by atoms with E-state index in [-0.39, 0.29) is 17.2 Å². The van der Waals surface area contributed by atoms with Crippen molar-refractivity contribution in [2.75, 3.05) is 13.1 Å². The Balaban J connectivity index is 1.37. The number of hydrogen-bond acceptors (Lipinski definition) is 3. The van der Waals surface area contributed by atoms with Crippen LogP contribution in [0.25, 0.3) is 5.69 Å². The number of aromatic nitrogens is 2. The van der Waals surface area contributed by atoms with E-state index in [1.165, 1.54) is 0 Å². The van der Waals surface area contributed by atoms with Crippen molar-refractivity contribution in [3.05, 3.63) is 47.8 Å². The summed E-state index contributed by atoms with van der Waals surface area (Å²) in [6.07, 6.45) is 6.27. The molecule has 1 aromatic carbocycles. The Kier molecular flexibility index (Phi) is 3.64. The van der Waals surface area contributed by atoms with Crippen LogP contribution in [0, 0.1) is 11.3 Å². The Morgan fingerprint density at radius 3 is 2.41 bits per heavy atom. The topological polar surface area (TPSA) is 75.4 Å². The average Bonchev–Trinajstić information content (AvgIpc) is 3.60. The first-order valence-electron chi connectivity index (χ1n) is 9.74. The molecule has 0 radical (unpaired) electrons. The highest BCUT2D eigenvalue weighted by molar-refractivity contribution is 5.95. The maximum atomic E-state index is 13.2. The third-order valence-corrected chi connectivity index (χ3v) is 6.54. The number of nitrogens with zero attached hydrogens (tertiary/aromatic N) is 3. The summed E-state index contributed by atoms with van der Waals surface area (Å²) in [4.78, 5) is 26.3. The number of carbonyl (C=O) groups excluding carboxylic acids is 1. The van der Waals surface area contributed by atoms with Crippen LogP contribution in [0.1, 0.15) is 54.1 Å². The first kappa shape index (κ1) is 16.5. The lowest BCUT2D eigenvalue weighted by Gasteiger charge is -2.32. The molecular weight excluding hydrogens is 342 g/mol. The third-order valence-electron chi connectivity index (χ3n) is 6.54. The van der Waals surface area contributed by atoms with Gasteiger partial charge >= 0.3 is 5.97 Å². The molecule has 1 aromatic heterocycles. The summed E-state index contributed by atoms with van der Waals surface area (Å²) in [5.74, 6) is -0.448. The van der Waals surface area contributed by atoms with Crippen LogP contribution in [0.5, 0.6) is 0 Å². The van der Waals surface area contributed by atoms with Gasteiger partial charge in [-0.25, -0.2) is 4.68 Å². The maximum Gasteiger partial charge on any atom is 0.307 e. The molecule has 1 spiro atoms. The smallest absolute Gasteiger partial charge is 0.307 e. The number of hydrogen-bond donors (Lipinski definition) is 1. The number of rotatable bonds is 4. The van der Waals surface area contributed by atoms with Crippen molar-refractivity contribution in [1.29, 1.82) is 0 Å². The molecule has 3 fully saturated rings. The van der Waals surface area contributed by atoms with Gasteiger partial charge in [0.1, 0.15) is 0 Å². The van der Waals surface area contributed by atoms with Crippen LogP contribution in [0.15, 0.2) is 36.5 Å². The van der Waals surface area contributed by atoms with Gasteiger partial charge in [0.05, 0.1) is 29.1 Å². The lowest BCUT2D eigenvalue weighted by Crippen LogP contribution is -2.40. The molecule has 6 heteroatoms. The molecule has 3 aliphatic rings. The predicted molar refractivity (Wildman–Crippen MR) is 98.9 cm³/mol. The van der Waals surface area contributed by atoms with E-state index >= 15 is 0 Å². The Hall–Kier alpha value is -2.63. The highest BCUT2D eigenvalue weighted by Gasteiger charge is 2.59. The zero-order valence-electron chi connectivity index (χ0n) is 15.2. The first-order valence-corrected chi connectivity index (χ1v) is 9.74. The minimum atomic E-state index is -0.685. The van der Waals surface area contributed by atoms with Crippen LogP contribution in [0.4, 0.5) is 0 Å². The van der Waals surface area contributed by atoms with Gasteiger partial charge in [-0.1, -0.05) is 18.2 Å². The summed E-state index contributed by atoms with van der Waals surface area (Å²) in [6, 6.07) is 9.96. The van der Waals surface area contributed by atoms with Crippen molar-refractivity contribution < 1.29 is 14.7 Å². The monoisotopic (exact) mass is 365 g/mol. The second-order valence-electron chi connectivity index (χ2n) is 8.21. The Bertz CT molecular complexity index is 893. The van der Waals surface area contributed by atoms with Crippen LogP contribution in [-0.4, -0.2) is 44.8 Å². The molecule has 5 rings (SSSR count). The van der Waals surface area contributed by atoms with Crippen molar-refractivity contribution in [2.45, 2.75) is 38.0 Å². The molecule has 1 atom stereocenters. The van der Waals surface area contributed by atoms with Gasteiger partial charge in [0, 0.05) is 19.0 Å². The minimum absolute atomic E-state index is 0.0430. The van der Waals surface area contributed by atoms with E-state index in [0.29, 0.717) is 24.6 Å². The van der Waals surface area contributed by atoms with Crippen LogP contribution < -0.4 is 0 Å². The Labute approximate surface area is 157 Å². The Morgan fingerprint density at radius 1 is 1.11 bits per heavy atom. The minimum Gasteiger partial charge on any atom is -0.481 e. The summed E-state index contributed by atoms with van der Waals surface area (Å²) in [5, 5.41) is 13.8. The fourth-order valence-corrected chi connectivity index (χ4v) is 4.62. The molecule has 0 bridgehead atoms. The van der Waals surface area contributed by atoms with Gasteiger partial charge in [0.15, 0.2) is 0 Å². The fourth-order valence-electron chi connectivity index (χ4n) is 4.62. The molecule has 1 N–H and O–H groups in total. The van der Waals surface area contributed by atoms with Gasteiger partial charge in [-0.05, 0) is 49.7 Å². The van der Waals surface area contributed by atoms with Crippen molar-refractivity contribution in [3.63, 3.8) is 0 Å². The highest BCUT2D eigenvalue weighted by atomic mass is 16.4.